The zero-order valence-corrected chi connectivity index (χ0v) is 12.5. The number of nitrogens with zero attached hydrogens (tertiary/aromatic N) is 3. The number of nitrogens with one attached hydrogen (secondary N) is 2. The van der Waals surface area contributed by atoms with Crippen molar-refractivity contribution >= 4 is 11.0 Å². The van der Waals surface area contributed by atoms with Gasteiger partial charge >= 0.3 is 5.69 Å². The molecule has 8 heteroatoms. The Morgan fingerprint density at radius 1 is 1.13 bits per heavy atom. The summed E-state index contributed by atoms with van der Waals surface area (Å²) in [6.07, 6.45) is 0.476. The summed E-state index contributed by atoms with van der Waals surface area (Å²) in [7, 11) is 0. The predicted octanol–water partition coefficient (Wildman–Crippen LogP) is 2.10. The van der Waals surface area contributed by atoms with Gasteiger partial charge in [-0.2, -0.15) is 4.98 Å². The largest absolute Gasteiger partial charge is 0.361 e. The zero-order chi connectivity index (χ0) is 16.0. The molecular weight excluding hydrogens is 298 g/mol. The molecule has 0 aliphatic carbocycles. The van der Waals surface area contributed by atoms with E-state index in [2.05, 4.69) is 25.3 Å². The molecule has 3 aromatic heterocycles. The molecule has 0 saturated carbocycles. The molecule has 0 spiro atoms. The summed E-state index contributed by atoms with van der Waals surface area (Å²) in [4.78, 5) is 21.3. The fourth-order valence-corrected chi connectivity index (χ4v) is 2.58. The molecule has 0 bridgehead atoms. The van der Waals surface area contributed by atoms with Crippen LogP contribution in [-0.4, -0.2) is 25.3 Å². The maximum absolute atomic E-state index is 11.5. The minimum absolute atomic E-state index is 0.275. The Kier molecular flexibility index (Phi) is 2.90. The van der Waals surface area contributed by atoms with Crippen molar-refractivity contribution in [3.8, 4) is 11.5 Å². The lowest BCUT2D eigenvalue weighted by molar-refractivity contribution is 0.392. The first kappa shape index (κ1) is 13.5. The van der Waals surface area contributed by atoms with Crippen molar-refractivity contribution < 1.29 is 9.05 Å². The Morgan fingerprint density at radius 3 is 2.78 bits per heavy atom. The van der Waals surface area contributed by atoms with Crippen molar-refractivity contribution in [3.05, 3.63) is 51.5 Å². The number of hydrogen-bond acceptors (Lipinski definition) is 6. The van der Waals surface area contributed by atoms with Gasteiger partial charge in [0.2, 0.25) is 0 Å². The van der Waals surface area contributed by atoms with Crippen LogP contribution in [0.4, 0.5) is 0 Å². The van der Waals surface area contributed by atoms with E-state index in [1.54, 1.807) is 6.07 Å². The summed E-state index contributed by atoms with van der Waals surface area (Å²) in [5, 5.41) is 7.92. The molecule has 0 unspecified atom stereocenters. The van der Waals surface area contributed by atoms with Gasteiger partial charge in [0.15, 0.2) is 5.82 Å². The van der Waals surface area contributed by atoms with Crippen molar-refractivity contribution in [1.82, 2.24) is 25.3 Å². The Labute approximate surface area is 129 Å². The van der Waals surface area contributed by atoms with Crippen molar-refractivity contribution in [1.29, 1.82) is 0 Å². The molecule has 4 aromatic rings. The van der Waals surface area contributed by atoms with Crippen LogP contribution in [0.15, 0.2) is 32.0 Å². The number of aromatic amines is 2. The summed E-state index contributed by atoms with van der Waals surface area (Å²) in [6.45, 7) is 3.72. The van der Waals surface area contributed by atoms with E-state index < -0.39 is 0 Å². The topological polar surface area (TPSA) is 114 Å². The maximum atomic E-state index is 11.5. The average molecular weight is 311 g/mol. The SMILES string of the molecule is Cc1noc(C)c1Cc1noc(-c2cccc3[nH]c(=O)[nH]c23)n1. The van der Waals surface area contributed by atoms with Gasteiger partial charge in [-0.15, -0.1) is 0 Å². The second-order valence-corrected chi connectivity index (χ2v) is 5.30. The van der Waals surface area contributed by atoms with E-state index in [0.717, 1.165) is 17.0 Å². The summed E-state index contributed by atoms with van der Waals surface area (Å²) >= 11 is 0. The van der Waals surface area contributed by atoms with Crippen LogP contribution < -0.4 is 5.69 Å². The minimum atomic E-state index is -0.275. The number of fused-ring (bicyclic) bond motifs is 1. The van der Waals surface area contributed by atoms with Gasteiger partial charge in [0.1, 0.15) is 5.76 Å². The smallest absolute Gasteiger partial charge is 0.323 e. The van der Waals surface area contributed by atoms with Crippen molar-refractivity contribution in [2.24, 2.45) is 0 Å². The standard InChI is InChI=1S/C15H13N5O3/c1-7-10(8(2)22-19-7)6-12-17-14(23-20-12)9-4-3-5-11-13(9)18-15(21)16-11/h3-5H,6H2,1-2H3,(H2,16,18,21). The molecule has 0 atom stereocenters. The lowest BCUT2D eigenvalue weighted by Gasteiger charge is -1.96. The molecule has 8 nitrogen and oxygen atoms in total. The lowest BCUT2D eigenvalue weighted by Crippen LogP contribution is -1.99. The molecule has 116 valence electrons. The highest BCUT2D eigenvalue weighted by atomic mass is 16.5. The summed E-state index contributed by atoms with van der Waals surface area (Å²) in [5.74, 6) is 1.63. The number of hydrogen-bond donors (Lipinski definition) is 2. The van der Waals surface area contributed by atoms with Gasteiger partial charge in [-0.05, 0) is 26.0 Å². The molecule has 1 aromatic carbocycles. The number of rotatable bonds is 3. The van der Waals surface area contributed by atoms with E-state index in [-0.39, 0.29) is 5.69 Å². The molecule has 0 radical (unpaired) electrons. The normalized spacial score (nSPS) is 11.4. The molecule has 4 rings (SSSR count). The number of aryl methyl sites for hydroxylation is 2. The first-order valence-electron chi connectivity index (χ1n) is 7.07. The van der Waals surface area contributed by atoms with Crippen molar-refractivity contribution in [2.45, 2.75) is 20.3 Å². The quantitative estimate of drug-likeness (QED) is 0.599. The Bertz CT molecular complexity index is 1030. The van der Waals surface area contributed by atoms with Crippen LogP contribution in [0.25, 0.3) is 22.5 Å². The zero-order valence-electron chi connectivity index (χ0n) is 12.5. The van der Waals surface area contributed by atoms with Gasteiger partial charge in [0.25, 0.3) is 5.89 Å². The van der Waals surface area contributed by atoms with Crippen LogP contribution in [0.3, 0.4) is 0 Å². The fraction of sp³-hybridized carbons (Fsp3) is 0.200. The Morgan fingerprint density at radius 2 is 2.00 bits per heavy atom. The summed E-state index contributed by atoms with van der Waals surface area (Å²) < 4.78 is 10.5. The van der Waals surface area contributed by atoms with Gasteiger partial charge in [-0.1, -0.05) is 16.4 Å². The van der Waals surface area contributed by atoms with E-state index in [4.69, 9.17) is 9.05 Å². The van der Waals surface area contributed by atoms with E-state index in [0.29, 0.717) is 34.7 Å². The number of aromatic nitrogens is 5. The first-order valence-corrected chi connectivity index (χ1v) is 7.07. The van der Waals surface area contributed by atoms with E-state index in [1.807, 2.05) is 26.0 Å². The molecule has 3 heterocycles. The fourth-order valence-electron chi connectivity index (χ4n) is 2.58. The van der Waals surface area contributed by atoms with Gasteiger partial charge in [-0.3, -0.25) is 0 Å². The number of imidazole rings is 1. The van der Waals surface area contributed by atoms with Crippen LogP contribution in [-0.2, 0) is 6.42 Å². The van der Waals surface area contributed by atoms with Crippen molar-refractivity contribution in [3.63, 3.8) is 0 Å². The Hall–Kier alpha value is -3.16. The highest BCUT2D eigenvalue weighted by Gasteiger charge is 2.16. The average Bonchev–Trinajstić information content (AvgIpc) is 3.21. The molecular formula is C15H13N5O3. The van der Waals surface area contributed by atoms with Crippen LogP contribution in [0.1, 0.15) is 22.8 Å². The van der Waals surface area contributed by atoms with Crippen LogP contribution in [0.2, 0.25) is 0 Å². The van der Waals surface area contributed by atoms with Crippen LogP contribution in [0.5, 0.6) is 0 Å². The van der Waals surface area contributed by atoms with Crippen LogP contribution >= 0.6 is 0 Å². The van der Waals surface area contributed by atoms with Gasteiger partial charge in [0, 0.05) is 12.0 Å². The third kappa shape index (κ3) is 2.24. The van der Waals surface area contributed by atoms with Gasteiger partial charge < -0.3 is 19.0 Å². The van der Waals surface area contributed by atoms with Crippen LogP contribution in [0, 0.1) is 13.8 Å². The van der Waals surface area contributed by atoms with E-state index >= 15 is 0 Å². The lowest BCUT2D eigenvalue weighted by atomic mass is 10.1. The predicted molar refractivity (Wildman–Crippen MR) is 81.0 cm³/mol. The number of benzene rings is 1. The summed E-state index contributed by atoms with van der Waals surface area (Å²) in [5.41, 5.74) is 3.50. The molecule has 0 aliphatic heterocycles. The van der Waals surface area contributed by atoms with E-state index in [1.165, 1.54) is 0 Å². The third-order valence-corrected chi connectivity index (χ3v) is 3.77. The Balaban J connectivity index is 1.74. The monoisotopic (exact) mass is 311 g/mol. The second kappa shape index (κ2) is 4.94. The number of para-hydroxylation sites is 1. The highest BCUT2D eigenvalue weighted by Crippen LogP contribution is 2.25. The molecule has 23 heavy (non-hydrogen) atoms. The highest BCUT2D eigenvalue weighted by molar-refractivity contribution is 5.89. The molecule has 0 fully saturated rings. The molecule has 2 N–H and O–H groups in total. The third-order valence-electron chi connectivity index (χ3n) is 3.77. The van der Waals surface area contributed by atoms with Crippen molar-refractivity contribution in [2.75, 3.05) is 0 Å². The summed E-state index contributed by atoms with van der Waals surface area (Å²) in [6, 6.07) is 5.44. The first-order chi connectivity index (χ1) is 11.1. The second-order valence-electron chi connectivity index (χ2n) is 5.30. The molecule has 0 amide bonds. The maximum Gasteiger partial charge on any atom is 0.323 e. The van der Waals surface area contributed by atoms with E-state index in [9.17, 15) is 4.79 Å². The minimum Gasteiger partial charge on any atom is -0.361 e. The molecule has 0 saturated heterocycles. The molecule has 0 aliphatic rings. The number of H-pyrrole nitrogens is 2. The van der Waals surface area contributed by atoms with Gasteiger partial charge in [-0.25, -0.2) is 4.79 Å². The van der Waals surface area contributed by atoms with Gasteiger partial charge in [0.05, 0.1) is 22.3 Å².